The highest BCUT2D eigenvalue weighted by molar-refractivity contribution is 6.32. The van der Waals surface area contributed by atoms with Crippen molar-refractivity contribution in [3.8, 4) is 5.75 Å². The van der Waals surface area contributed by atoms with Crippen molar-refractivity contribution >= 4 is 23.5 Å². The van der Waals surface area contributed by atoms with Gasteiger partial charge in [0.15, 0.2) is 5.75 Å². The number of primary amides is 1. The van der Waals surface area contributed by atoms with Gasteiger partial charge in [0.05, 0.1) is 18.1 Å². The molecule has 1 amide bonds. The summed E-state index contributed by atoms with van der Waals surface area (Å²) in [6.45, 7) is -0.000648. The molecule has 1 aromatic carbocycles. The standard InChI is InChI=1S/C10H10ClNO4/c11-7-3-1-2-6(10(14)15)9(7)16-5-4-8(12)13/h1-3H,4-5H2,(H2,12,13)(H,14,15). The average Bonchev–Trinajstić information content (AvgIpc) is 2.19. The van der Waals surface area contributed by atoms with Crippen LogP contribution < -0.4 is 10.5 Å². The number of hydrogen-bond donors (Lipinski definition) is 2. The minimum absolute atomic E-state index is 0.000648. The molecule has 0 aliphatic rings. The lowest BCUT2D eigenvalue weighted by Gasteiger charge is -2.09. The van der Waals surface area contributed by atoms with Crippen LogP contribution in [0.2, 0.25) is 5.02 Å². The largest absolute Gasteiger partial charge is 0.491 e. The summed E-state index contributed by atoms with van der Waals surface area (Å²) in [6, 6.07) is 4.38. The molecule has 0 atom stereocenters. The van der Waals surface area contributed by atoms with Gasteiger partial charge in [0.25, 0.3) is 0 Å². The zero-order valence-electron chi connectivity index (χ0n) is 8.27. The lowest BCUT2D eigenvalue weighted by molar-refractivity contribution is -0.118. The predicted molar refractivity (Wildman–Crippen MR) is 57.7 cm³/mol. The summed E-state index contributed by atoms with van der Waals surface area (Å²) in [6.07, 6.45) is 0.00425. The smallest absolute Gasteiger partial charge is 0.339 e. The molecule has 1 aromatic rings. The number of carbonyl (C=O) groups is 2. The van der Waals surface area contributed by atoms with Crippen molar-refractivity contribution < 1.29 is 19.4 Å². The maximum absolute atomic E-state index is 10.8. The number of ether oxygens (including phenoxy) is 1. The van der Waals surface area contributed by atoms with E-state index in [9.17, 15) is 9.59 Å². The van der Waals surface area contributed by atoms with Gasteiger partial charge in [-0.2, -0.15) is 0 Å². The molecule has 5 nitrogen and oxygen atoms in total. The van der Waals surface area contributed by atoms with Crippen LogP contribution in [0.5, 0.6) is 5.75 Å². The van der Waals surface area contributed by atoms with Gasteiger partial charge in [0.2, 0.25) is 5.91 Å². The molecule has 0 spiro atoms. The van der Waals surface area contributed by atoms with Crippen molar-refractivity contribution in [2.45, 2.75) is 6.42 Å². The van der Waals surface area contributed by atoms with Crippen LogP contribution in [-0.2, 0) is 4.79 Å². The van der Waals surface area contributed by atoms with Crippen molar-refractivity contribution in [1.82, 2.24) is 0 Å². The monoisotopic (exact) mass is 243 g/mol. The zero-order valence-corrected chi connectivity index (χ0v) is 9.03. The normalized spacial score (nSPS) is 9.81. The second-order valence-electron chi connectivity index (χ2n) is 2.99. The Bertz CT molecular complexity index is 419. The first kappa shape index (κ1) is 12.3. The van der Waals surface area contributed by atoms with E-state index in [0.29, 0.717) is 0 Å². The number of carbonyl (C=O) groups excluding carboxylic acids is 1. The van der Waals surface area contributed by atoms with Crippen LogP contribution in [0.25, 0.3) is 0 Å². The van der Waals surface area contributed by atoms with Crippen molar-refractivity contribution in [3.63, 3.8) is 0 Å². The third kappa shape index (κ3) is 3.13. The van der Waals surface area contributed by atoms with Crippen LogP contribution in [0.1, 0.15) is 16.8 Å². The van der Waals surface area contributed by atoms with E-state index < -0.39 is 11.9 Å². The van der Waals surface area contributed by atoms with Crippen LogP contribution in [-0.4, -0.2) is 23.6 Å². The third-order valence-corrected chi connectivity index (χ3v) is 2.09. The first-order valence-corrected chi connectivity index (χ1v) is 4.83. The highest BCUT2D eigenvalue weighted by atomic mass is 35.5. The van der Waals surface area contributed by atoms with E-state index in [1.165, 1.54) is 18.2 Å². The number of hydrogen-bond acceptors (Lipinski definition) is 3. The minimum atomic E-state index is -1.14. The molecule has 0 aromatic heterocycles. The molecule has 0 saturated heterocycles. The Morgan fingerprint density at radius 2 is 2.12 bits per heavy atom. The Balaban J connectivity index is 2.84. The van der Waals surface area contributed by atoms with Gasteiger partial charge in [0, 0.05) is 0 Å². The van der Waals surface area contributed by atoms with Crippen LogP contribution in [0.3, 0.4) is 0 Å². The maximum Gasteiger partial charge on any atom is 0.339 e. The number of halogens is 1. The average molecular weight is 244 g/mol. The van der Waals surface area contributed by atoms with Gasteiger partial charge in [-0.1, -0.05) is 17.7 Å². The number of para-hydroxylation sites is 1. The molecule has 3 N–H and O–H groups in total. The third-order valence-electron chi connectivity index (χ3n) is 1.79. The van der Waals surface area contributed by atoms with E-state index in [0.717, 1.165) is 0 Å². The molecule has 0 bridgehead atoms. The molecular weight excluding hydrogens is 234 g/mol. The molecule has 0 aliphatic carbocycles. The van der Waals surface area contributed by atoms with Crippen LogP contribution >= 0.6 is 11.6 Å². The molecule has 86 valence electrons. The number of carboxylic acid groups (broad SMARTS) is 1. The summed E-state index contributed by atoms with van der Waals surface area (Å²) in [7, 11) is 0. The second-order valence-corrected chi connectivity index (χ2v) is 3.39. The van der Waals surface area contributed by atoms with E-state index in [-0.39, 0.29) is 29.4 Å². The van der Waals surface area contributed by atoms with Crippen molar-refractivity contribution in [2.75, 3.05) is 6.61 Å². The van der Waals surface area contributed by atoms with Crippen LogP contribution in [0, 0.1) is 0 Å². The first-order valence-electron chi connectivity index (χ1n) is 4.45. The Hall–Kier alpha value is -1.75. The zero-order chi connectivity index (χ0) is 12.1. The summed E-state index contributed by atoms with van der Waals surface area (Å²) in [5.74, 6) is -1.61. The Labute approximate surface area is 96.8 Å². The summed E-state index contributed by atoms with van der Waals surface area (Å²) in [5.41, 5.74) is 4.88. The number of aromatic carboxylic acids is 1. The van der Waals surface area contributed by atoms with Gasteiger partial charge < -0.3 is 15.6 Å². The Morgan fingerprint density at radius 1 is 1.44 bits per heavy atom. The quantitative estimate of drug-likeness (QED) is 0.815. The molecule has 16 heavy (non-hydrogen) atoms. The molecule has 0 aliphatic heterocycles. The Kier molecular flexibility index (Phi) is 4.13. The number of nitrogens with two attached hydrogens (primary N) is 1. The Morgan fingerprint density at radius 3 is 2.69 bits per heavy atom. The van der Waals surface area contributed by atoms with Gasteiger partial charge in [-0.05, 0) is 12.1 Å². The van der Waals surface area contributed by atoms with E-state index in [1.807, 2.05) is 0 Å². The second kappa shape index (κ2) is 5.37. The highest BCUT2D eigenvalue weighted by Gasteiger charge is 2.14. The van der Waals surface area contributed by atoms with E-state index in [1.54, 1.807) is 0 Å². The van der Waals surface area contributed by atoms with E-state index in [2.05, 4.69) is 0 Å². The number of rotatable bonds is 5. The van der Waals surface area contributed by atoms with Crippen LogP contribution in [0.15, 0.2) is 18.2 Å². The van der Waals surface area contributed by atoms with Gasteiger partial charge in [0.1, 0.15) is 5.56 Å². The molecule has 0 unspecified atom stereocenters. The fourth-order valence-corrected chi connectivity index (χ4v) is 1.31. The fraction of sp³-hybridized carbons (Fsp3) is 0.200. The van der Waals surface area contributed by atoms with Gasteiger partial charge in [-0.15, -0.1) is 0 Å². The molecule has 1 rings (SSSR count). The topological polar surface area (TPSA) is 89.6 Å². The van der Waals surface area contributed by atoms with Gasteiger partial charge in [-0.25, -0.2) is 4.79 Å². The predicted octanol–water partition coefficient (Wildman–Crippen LogP) is 1.29. The summed E-state index contributed by atoms with van der Waals surface area (Å²) >= 11 is 5.78. The van der Waals surface area contributed by atoms with Gasteiger partial charge in [-0.3, -0.25) is 4.79 Å². The van der Waals surface area contributed by atoms with Crippen molar-refractivity contribution in [2.24, 2.45) is 5.73 Å². The molecular formula is C10H10ClNO4. The maximum atomic E-state index is 10.8. The molecule has 0 heterocycles. The van der Waals surface area contributed by atoms with E-state index >= 15 is 0 Å². The van der Waals surface area contributed by atoms with E-state index in [4.69, 9.17) is 27.2 Å². The van der Waals surface area contributed by atoms with Crippen LogP contribution in [0.4, 0.5) is 0 Å². The first-order chi connectivity index (χ1) is 7.52. The lowest BCUT2D eigenvalue weighted by atomic mass is 10.2. The number of benzene rings is 1. The summed E-state index contributed by atoms with van der Waals surface area (Å²) < 4.78 is 5.13. The molecule has 0 saturated carbocycles. The lowest BCUT2D eigenvalue weighted by Crippen LogP contribution is -2.15. The highest BCUT2D eigenvalue weighted by Crippen LogP contribution is 2.28. The molecule has 0 radical (unpaired) electrons. The van der Waals surface area contributed by atoms with Crippen molar-refractivity contribution in [1.29, 1.82) is 0 Å². The summed E-state index contributed by atoms with van der Waals surface area (Å²) in [5, 5.41) is 9.05. The molecule has 0 fully saturated rings. The molecule has 6 heteroatoms. The van der Waals surface area contributed by atoms with Crippen molar-refractivity contribution in [3.05, 3.63) is 28.8 Å². The summed E-state index contributed by atoms with van der Waals surface area (Å²) in [4.78, 5) is 21.3. The fourth-order valence-electron chi connectivity index (χ4n) is 1.08. The van der Waals surface area contributed by atoms with Gasteiger partial charge >= 0.3 is 5.97 Å². The SMILES string of the molecule is NC(=O)CCOc1c(Cl)cccc1C(=O)O. The minimum Gasteiger partial charge on any atom is -0.491 e. The number of carboxylic acids is 1. The number of amides is 1.